The topological polar surface area (TPSA) is 70.7 Å². The summed E-state index contributed by atoms with van der Waals surface area (Å²) >= 11 is 8.06. The molecule has 124 valence electrons. The van der Waals surface area contributed by atoms with Gasteiger partial charge in [0.25, 0.3) is 0 Å². The molecule has 1 heterocycles. The third-order valence-corrected chi connectivity index (χ3v) is 6.25. The highest BCUT2D eigenvalue weighted by Crippen LogP contribution is 2.39. The number of thioether (sulfide) groups is 1. The van der Waals surface area contributed by atoms with Crippen LogP contribution in [0.15, 0.2) is 34.7 Å². The maximum Gasteiger partial charge on any atom is 0.231 e. The first kappa shape index (κ1) is 17.1. The van der Waals surface area contributed by atoms with Crippen LogP contribution in [0.1, 0.15) is 19.8 Å². The first-order valence-electron chi connectivity index (χ1n) is 7.52. The summed E-state index contributed by atoms with van der Waals surface area (Å²) in [5.74, 6) is 0.347. The summed E-state index contributed by atoms with van der Waals surface area (Å²) in [4.78, 5) is 12.1. The van der Waals surface area contributed by atoms with E-state index in [0.29, 0.717) is 3.95 Å². The quantitative estimate of drug-likeness (QED) is 0.616. The molecule has 1 aliphatic rings. The maximum absolute atomic E-state index is 12.1. The van der Waals surface area contributed by atoms with Crippen LogP contribution < -0.4 is 5.32 Å². The summed E-state index contributed by atoms with van der Waals surface area (Å²) in [7, 11) is 0. The van der Waals surface area contributed by atoms with Crippen molar-refractivity contribution < 1.29 is 4.79 Å². The molecule has 0 saturated heterocycles. The zero-order valence-electron chi connectivity index (χ0n) is 13.1. The lowest BCUT2D eigenvalue weighted by Crippen LogP contribution is -2.47. The van der Waals surface area contributed by atoms with E-state index in [-0.39, 0.29) is 17.6 Å². The Hall–Kier alpha value is -1.69. The minimum atomic E-state index is -0.756. The van der Waals surface area contributed by atoms with Gasteiger partial charge in [-0.3, -0.25) is 4.79 Å². The lowest BCUT2D eigenvalue weighted by atomic mass is 9.98. The monoisotopic (exact) mass is 376 g/mol. The van der Waals surface area contributed by atoms with E-state index in [0.717, 1.165) is 22.9 Å². The average molecular weight is 377 g/mol. The van der Waals surface area contributed by atoms with Crippen LogP contribution in [0.2, 0.25) is 0 Å². The number of carbonyl (C=O) groups excluding carboxylic acids is 1. The maximum atomic E-state index is 12.1. The zero-order valence-corrected chi connectivity index (χ0v) is 15.5. The number of aromatic nitrogens is 2. The highest BCUT2D eigenvalue weighted by atomic mass is 32.2. The lowest BCUT2D eigenvalue weighted by molar-refractivity contribution is -0.119. The fourth-order valence-electron chi connectivity index (χ4n) is 2.39. The van der Waals surface area contributed by atoms with Crippen molar-refractivity contribution in [3.63, 3.8) is 0 Å². The van der Waals surface area contributed by atoms with Gasteiger partial charge < -0.3 is 5.32 Å². The summed E-state index contributed by atoms with van der Waals surface area (Å²) in [6.07, 6.45) is 2.00. The van der Waals surface area contributed by atoms with Gasteiger partial charge in [-0.05, 0) is 50.0 Å². The van der Waals surface area contributed by atoms with E-state index >= 15 is 0 Å². The van der Waals surface area contributed by atoms with Crippen LogP contribution >= 0.6 is 35.3 Å². The third-order valence-electron chi connectivity index (χ3n) is 3.88. The second-order valence-corrected chi connectivity index (χ2v) is 8.65. The Balaban J connectivity index is 1.62. The molecule has 1 fully saturated rings. The highest BCUT2D eigenvalue weighted by molar-refractivity contribution is 8.01. The Morgan fingerprint density at radius 3 is 2.88 bits per heavy atom. The molecule has 1 amide bonds. The van der Waals surface area contributed by atoms with E-state index in [4.69, 9.17) is 12.2 Å². The van der Waals surface area contributed by atoms with Crippen molar-refractivity contribution in [3.05, 3.63) is 34.3 Å². The second kappa shape index (κ2) is 7.05. The van der Waals surface area contributed by atoms with Gasteiger partial charge in [-0.2, -0.15) is 5.26 Å². The summed E-state index contributed by atoms with van der Waals surface area (Å²) < 4.78 is 3.08. The lowest BCUT2D eigenvalue weighted by Gasteiger charge is -2.22. The number of nitriles is 1. The summed E-state index contributed by atoms with van der Waals surface area (Å²) in [5, 5.41) is 16.6. The van der Waals surface area contributed by atoms with Gasteiger partial charge in [0, 0.05) is 0 Å². The number of nitrogens with zero attached hydrogens (tertiary/aromatic N) is 3. The molecule has 0 radical (unpaired) electrons. The fraction of sp³-hybridized carbons (Fsp3) is 0.375. The second-order valence-electron chi connectivity index (χ2n) is 5.81. The van der Waals surface area contributed by atoms with E-state index in [1.807, 2.05) is 30.3 Å². The van der Waals surface area contributed by atoms with Crippen LogP contribution in [-0.2, 0) is 4.79 Å². The van der Waals surface area contributed by atoms with Crippen LogP contribution in [0.3, 0.4) is 0 Å². The number of carbonyl (C=O) groups is 1. The van der Waals surface area contributed by atoms with Gasteiger partial charge in [0.2, 0.25) is 5.91 Å². The summed E-state index contributed by atoms with van der Waals surface area (Å²) in [6.45, 7) is 1.79. The number of nitrogens with one attached hydrogen (secondary N) is 1. The summed E-state index contributed by atoms with van der Waals surface area (Å²) in [6, 6.07) is 11.9. The number of rotatable bonds is 6. The molecule has 1 atom stereocenters. The molecule has 5 nitrogen and oxygen atoms in total. The molecule has 24 heavy (non-hydrogen) atoms. The molecule has 1 aromatic heterocycles. The molecule has 0 aliphatic heterocycles. The number of benzene rings is 1. The molecule has 1 N–H and O–H groups in total. The molecular formula is C16H16N4OS3. The smallest absolute Gasteiger partial charge is 0.231 e. The van der Waals surface area contributed by atoms with Crippen molar-refractivity contribution in [2.45, 2.75) is 29.6 Å². The molecular weight excluding hydrogens is 360 g/mol. The van der Waals surface area contributed by atoms with Crippen molar-refractivity contribution in [1.82, 2.24) is 15.1 Å². The summed E-state index contributed by atoms with van der Waals surface area (Å²) in [5.41, 5.74) is 0.147. The first-order valence-corrected chi connectivity index (χ1v) is 9.73. The number of hydrogen-bond acceptors (Lipinski definition) is 6. The zero-order chi connectivity index (χ0) is 17.2. The normalized spacial score (nSPS) is 16.2. The molecule has 1 saturated carbocycles. The Labute approximate surface area is 153 Å². The minimum absolute atomic E-state index is 0.150. The molecule has 0 bridgehead atoms. The van der Waals surface area contributed by atoms with Crippen molar-refractivity contribution in [2.24, 2.45) is 5.92 Å². The Kier molecular flexibility index (Phi) is 5.04. The van der Waals surface area contributed by atoms with Crippen LogP contribution in [0.4, 0.5) is 0 Å². The Morgan fingerprint density at radius 2 is 2.25 bits per heavy atom. The van der Waals surface area contributed by atoms with Crippen LogP contribution in [-0.4, -0.2) is 27.0 Å². The van der Waals surface area contributed by atoms with E-state index in [1.165, 1.54) is 23.1 Å². The average Bonchev–Trinajstić information content (AvgIpc) is 3.38. The van der Waals surface area contributed by atoms with Crippen molar-refractivity contribution in [1.29, 1.82) is 5.26 Å². The standard InChI is InChI=1S/C16H16N4OS3/c1-16(10-17,11-7-8-11)18-13(21)9-23-14-19-20(15(22)24-14)12-5-3-2-4-6-12/h2-6,11H,7-9H2,1H3,(H,18,21)/t16-/m1/s1. The number of para-hydroxylation sites is 1. The molecule has 8 heteroatoms. The van der Waals surface area contributed by atoms with Gasteiger partial charge in [-0.15, -0.1) is 5.10 Å². The van der Waals surface area contributed by atoms with E-state index < -0.39 is 5.54 Å². The molecule has 0 spiro atoms. The molecule has 2 aromatic rings. The minimum Gasteiger partial charge on any atom is -0.337 e. The fourth-order valence-corrected chi connectivity index (χ4v) is 4.55. The SMILES string of the molecule is C[C@](C#N)(NC(=O)CSc1nn(-c2ccccc2)c(=S)s1)C1CC1. The van der Waals surface area contributed by atoms with Gasteiger partial charge in [0.05, 0.1) is 17.5 Å². The van der Waals surface area contributed by atoms with Crippen LogP contribution in [0.25, 0.3) is 5.69 Å². The number of hydrogen-bond donors (Lipinski definition) is 1. The third kappa shape index (κ3) is 3.86. The predicted octanol–water partition coefficient (Wildman–Crippen LogP) is 3.56. The van der Waals surface area contributed by atoms with Gasteiger partial charge >= 0.3 is 0 Å². The largest absolute Gasteiger partial charge is 0.337 e. The van der Waals surface area contributed by atoms with Crippen molar-refractivity contribution in [3.8, 4) is 11.8 Å². The van der Waals surface area contributed by atoms with Crippen LogP contribution in [0.5, 0.6) is 0 Å². The molecule has 3 rings (SSSR count). The van der Waals surface area contributed by atoms with E-state index in [9.17, 15) is 10.1 Å². The van der Waals surface area contributed by atoms with Crippen molar-refractivity contribution >= 4 is 41.2 Å². The van der Waals surface area contributed by atoms with Gasteiger partial charge in [0.1, 0.15) is 5.54 Å². The molecule has 1 aliphatic carbocycles. The van der Waals surface area contributed by atoms with E-state index in [2.05, 4.69) is 16.5 Å². The highest BCUT2D eigenvalue weighted by Gasteiger charge is 2.42. The van der Waals surface area contributed by atoms with Crippen LogP contribution in [0, 0.1) is 21.2 Å². The van der Waals surface area contributed by atoms with E-state index in [1.54, 1.807) is 11.6 Å². The van der Waals surface area contributed by atoms with Gasteiger partial charge in [0.15, 0.2) is 8.29 Å². The first-order chi connectivity index (χ1) is 11.5. The van der Waals surface area contributed by atoms with Gasteiger partial charge in [-0.25, -0.2) is 4.68 Å². The van der Waals surface area contributed by atoms with Gasteiger partial charge in [-0.1, -0.05) is 41.3 Å². The molecule has 0 unspecified atom stereocenters. The number of amides is 1. The predicted molar refractivity (Wildman–Crippen MR) is 97.9 cm³/mol. The molecule has 1 aromatic carbocycles. The Bertz CT molecular complexity index is 835. The van der Waals surface area contributed by atoms with Crippen molar-refractivity contribution in [2.75, 3.05) is 5.75 Å². The Morgan fingerprint density at radius 1 is 1.54 bits per heavy atom.